The number of ether oxygens (including phenoxy) is 1. The number of para-hydroxylation sites is 2. The molecule has 3 aromatic carbocycles. The van der Waals surface area contributed by atoms with E-state index in [1.807, 2.05) is 66.9 Å². The quantitative estimate of drug-likeness (QED) is 0.460. The molecular weight excluding hydrogens is 370 g/mol. The van der Waals surface area contributed by atoms with Gasteiger partial charge < -0.3 is 15.0 Å². The molecule has 0 spiro atoms. The van der Waals surface area contributed by atoms with Crippen molar-refractivity contribution >= 4 is 34.4 Å². The number of anilines is 1. The van der Waals surface area contributed by atoms with Crippen molar-refractivity contribution in [3.63, 3.8) is 0 Å². The number of carbonyl (C=O) groups excluding carboxylic acids is 1. The molecule has 6 heteroatoms. The fourth-order valence-corrected chi connectivity index (χ4v) is 3.45. The molecule has 0 bridgehead atoms. The summed E-state index contributed by atoms with van der Waals surface area (Å²) in [4.78, 5) is 21.7. The van der Waals surface area contributed by atoms with Crippen molar-refractivity contribution in [2.24, 2.45) is 0 Å². The highest BCUT2D eigenvalue weighted by Gasteiger charge is 2.14. The molecule has 2 N–H and O–H groups in total. The molecule has 1 aromatic heterocycles. The van der Waals surface area contributed by atoms with E-state index in [0.29, 0.717) is 17.0 Å². The van der Waals surface area contributed by atoms with Gasteiger partial charge in [-0.3, -0.25) is 4.79 Å². The van der Waals surface area contributed by atoms with Gasteiger partial charge in [0, 0.05) is 16.1 Å². The van der Waals surface area contributed by atoms with E-state index in [4.69, 9.17) is 4.74 Å². The summed E-state index contributed by atoms with van der Waals surface area (Å²) in [5, 5.41) is 2.95. The third-order valence-electron chi connectivity index (χ3n) is 4.44. The lowest BCUT2D eigenvalue weighted by Gasteiger charge is -2.11. The number of aromatic nitrogens is 2. The zero-order valence-electron chi connectivity index (χ0n) is 15.5. The third kappa shape index (κ3) is 3.59. The molecule has 0 aliphatic rings. The van der Waals surface area contributed by atoms with Crippen LogP contribution in [0.3, 0.4) is 0 Å². The summed E-state index contributed by atoms with van der Waals surface area (Å²) in [6.07, 6.45) is 1.98. The number of hydrogen-bond donors (Lipinski definition) is 2. The van der Waals surface area contributed by atoms with Gasteiger partial charge >= 0.3 is 0 Å². The number of amides is 1. The molecule has 4 aromatic rings. The summed E-state index contributed by atoms with van der Waals surface area (Å²) in [6.45, 7) is 0. The van der Waals surface area contributed by atoms with E-state index in [9.17, 15) is 4.79 Å². The van der Waals surface area contributed by atoms with E-state index in [0.717, 1.165) is 27.3 Å². The van der Waals surface area contributed by atoms with Crippen LogP contribution in [-0.4, -0.2) is 29.2 Å². The highest BCUT2D eigenvalue weighted by Crippen LogP contribution is 2.27. The fraction of sp³-hybridized carbons (Fsp3) is 0.0909. The lowest BCUT2D eigenvalue weighted by molar-refractivity contribution is 0.102. The first-order valence-electron chi connectivity index (χ1n) is 8.76. The number of carbonyl (C=O) groups is 1. The SMILES string of the molecule is COc1cc(SC)ccc1C(=O)Nc1cccc(-c2nc3ccccc3[nH]2)c1. The minimum absolute atomic E-state index is 0.216. The number of benzene rings is 3. The molecule has 0 radical (unpaired) electrons. The van der Waals surface area contributed by atoms with Crippen molar-refractivity contribution in [2.45, 2.75) is 4.90 Å². The van der Waals surface area contributed by atoms with Crippen molar-refractivity contribution in [2.75, 3.05) is 18.7 Å². The Morgan fingerprint density at radius 1 is 1.07 bits per heavy atom. The molecule has 140 valence electrons. The Morgan fingerprint density at radius 3 is 2.71 bits per heavy atom. The molecule has 0 fully saturated rings. The average Bonchev–Trinajstić information content (AvgIpc) is 3.17. The van der Waals surface area contributed by atoms with Crippen molar-refractivity contribution in [1.29, 1.82) is 0 Å². The van der Waals surface area contributed by atoms with Gasteiger partial charge in [-0.25, -0.2) is 4.98 Å². The van der Waals surface area contributed by atoms with Crippen LogP contribution < -0.4 is 10.1 Å². The van der Waals surface area contributed by atoms with Gasteiger partial charge in [0.2, 0.25) is 0 Å². The normalized spacial score (nSPS) is 10.8. The van der Waals surface area contributed by atoms with Crippen LogP contribution in [-0.2, 0) is 0 Å². The number of methoxy groups -OCH3 is 1. The number of aromatic amines is 1. The van der Waals surface area contributed by atoms with Crippen LogP contribution in [0.4, 0.5) is 5.69 Å². The van der Waals surface area contributed by atoms with E-state index in [-0.39, 0.29) is 5.91 Å². The molecule has 4 rings (SSSR count). The van der Waals surface area contributed by atoms with Gasteiger partial charge in [-0.1, -0.05) is 24.3 Å². The molecule has 0 unspecified atom stereocenters. The van der Waals surface area contributed by atoms with E-state index in [1.54, 1.807) is 24.9 Å². The predicted octanol–water partition coefficient (Wildman–Crippen LogP) is 5.21. The smallest absolute Gasteiger partial charge is 0.259 e. The van der Waals surface area contributed by atoms with Gasteiger partial charge in [0.1, 0.15) is 11.6 Å². The summed E-state index contributed by atoms with van der Waals surface area (Å²) in [6, 6.07) is 21.0. The first-order valence-corrected chi connectivity index (χ1v) is 9.99. The number of rotatable bonds is 5. The van der Waals surface area contributed by atoms with Gasteiger partial charge in [-0.05, 0) is 48.7 Å². The van der Waals surface area contributed by atoms with E-state index < -0.39 is 0 Å². The largest absolute Gasteiger partial charge is 0.496 e. The second-order valence-corrected chi connectivity index (χ2v) is 7.08. The van der Waals surface area contributed by atoms with Crippen molar-refractivity contribution in [3.8, 4) is 17.1 Å². The summed E-state index contributed by atoms with van der Waals surface area (Å²) in [5.41, 5.74) is 3.98. The predicted molar refractivity (Wildman–Crippen MR) is 114 cm³/mol. The molecule has 5 nitrogen and oxygen atoms in total. The number of hydrogen-bond acceptors (Lipinski definition) is 4. The Kier molecular flexibility index (Phi) is 5.04. The summed E-state index contributed by atoms with van der Waals surface area (Å²) in [5.74, 6) is 1.10. The first kappa shape index (κ1) is 18.1. The van der Waals surface area contributed by atoms with Gasteiger partial charge in [-0.15, -0.1) is 11.8 Å². The topological polar surface area (TPSA) is 67.0 Å². The monoisotopic (exact) mass is 389 g/mol. The second-order valence-electron chi connectivity index (χ2n) is 6.20. The lowest BCUT2D eigenvalue weighted by atomic mass is 10.1. The maximum atomic E-state index is 12.8. The Morgan fingerprint density at radius 2 is 1.93 bits per heavy atom. The summed E-state index contributed by atoms with van der Waals surface area (Å²) >= 11 is 1.60. The van der Waals surface area contributed by atoms with Crippen LogP contribution in [0.15, 0.2) is 71.6 Å². The molecule has 0 saturated heterocycles. The molecule has 28 heavy (non-hydrogen) atoms. The van der Waals surface area contributed by atoms with Gasteiger partial charge in [0.15, 0.2) is 0 Å². The molecule has 0 atom stereocenters. The molecule has 0 saturated carbocycles. The number of imidazole rings is 1. The van der Waals surface area contributed by atoms with Crippen LogP contribution in [0, 0.1) is 0 Å². The zero-order chi connectivity index (χ0) is 19.5. The summed E-state index contributed by atoms with van der Waals surface area (Å²) < 4.78 is 5.38. The van der Waals surface area contributed by atoms with Crippen molar-refractivity contribution in [3.05, 3.63) is 72.3 Å². The minimum Gasteiger partial charge on any atom is -0.496 e. The number of nitrogens with zero attached hydrogens (tertiary/aromatic N) is 1. The maximum Gasteiger partial charge on any atom is 0.259 e. The Balaban J connectivity index is 1.61. The molecule has 0 aliphatic carbocycles. The van der Waals surface area contributed by atoms with E-state index in [1.165, 1.54) is 0 Å². The van der Waals surface area contributed by atoms with Crippen molar-refractivity contribution in [1.82, 2.24) is 9.97 Å². The molecule has 1 amide bonds. The Labute approximate surface area is 167 Å². The lowest BCUT2D eigenvalue weighted by Crippen LogP contribution is -2.13. The number of H-pyrrole nitrogens is 1. The van der Waals surface area contributed by atoms with E-state index in [2.05, 4.69) is 15.3 Å². The Bertz CT molecular complexity index is 1120. The fourth-order valence-electron chi connectivity index (χ4n) is 3.02. The molecule has 1 heterocycles. The number of fused-ring (bicyclic) bond motifs is 1. The third-order valence-corrected chi connectivity index (χ3v) is 5.16. The van der Waals surface area contributed by atoms with Crippen LogP contribution in [0.1, 0.15) is 10.4 Å². The first-order chi connectivity index (χ1) is 13.7. The highest BCUT2D eigenvalue weighted by atomic mass is 32.2. The standard InChI is InChI=1S/C22H19N3O2S/c1-27-20-13-16(28-2)10-11-17(20)22(26)23-15-7-5-6-14(12-15)21-24-18-8-3-4-9-19(18)25-21/h3-13H,1-2H3,(H,23,26)(H,24,25). The Hall–Kier alpha value is -3.25. The second kappa shape index (κ2) is 7.78. The zero-order valence-corrected chi connectivity index (χ0v) is 16.3. The van der Waals surface area contributed by atoms with Crippen molar-refractivity contribution < 1.29 is 9.53 Å². The van der Waals surface area contributed by atoms with Gasteiger partial charge in [0.05, 0.1) is 23.7 Å². The van der Waals surface area contributed by atoms with Crippen LogP contribution >= 0.6 is 11.8 Å². The van der Waals surface area contributed by atoms with E-state index >= 15 is 0 Å². The minimum atomic E-state index is -0.216. The van der Waals surface area contributed by atoms with Gasteiger partial charge in [0.25, 0.3) is 5.91 Å². The number of thioether (sulfide) groups is 1. The molecular formula is C22H19N3O2S. The average molecular weight is 389 g/mol. The highest BCUT2D eigenvalue weighted by molar-refractivity contribution is 7.98. The van der Waals surface area contributed by atoms with Gasteiger partial charge in [-0.2, -0.15) is 0 Å². The van der Waals surface area contributed by atoms with Crippen LogP contribution in [0.25, 0.3) is 22.4 Å². The van der Waals surface area contributed by atoms with Crippen LogP contribution in [0.2, 0.25) is 0 Å². The number of nitrogens with one attached hydrogen (secondary N) is 2. The maximum absolute atomic E-state index is 12.8. The summed E-state index contributed by atoms with van der Waals surface area (Å²) in [7, 11) is 1.57. The molecule has 0 aliphatic heterocycles. The van der Waals surface area contributed by atoms with Crippen LogP contribution in [0.5, 0.6) is 5.75 Å².